The van der Waals surface area contributed by atoms with Crippen LogP contribution in [0.3, 0.4) is 0 Å². The summed E-state index contributed by atoms with van der Waals surface area (Å²) in [5.41, 5.74) is 3.78. The lowest BCUT2D eigenvalue weighted by atomic mass is 10.2. The fraction of sp³-hybridized carbons (Fsp3) is 0.158. The minimum absolute atomic E-state index is 0.0477. The van der Waals surface area contributed by atoms with Crippen LogP contribution in [-0.4, -0.2) is 30.2 Å². The Hall–Kier alpha value is -3.48. The molecular weight excluding hydrogens is 328 g/mol. The highest BCUT2D eigenvalue weighted by atomic mass is 16.2. The monoisotopic (exact) mass is 346 g/mol. The van der Waals surface area contributed by atoms with Crippen LogP contribution in [0.15, 0.2) is 67.5 Å². The quantitative estimate of drug-likeness (QED) is 0.602. The number of amides is 1. The summed E-state index contributed by atoms with van der Waals surface area (Å²) in [5, 5.41) is 7.08. The number of fused-ring (bicyclic) bond motifs is 1. The molecule has 1 amide bonds. The highest BCUT2D eigenvalue weighted by molar-refractivity contribution is 5.83. The summed E-state index contributed by atoms with van der Waals surface area (Å²) in [5.74, 6) is -0.0477. The molecule has 0 saturated heterocycles. The van der Waals surface area contributed by atoms with E-state index in [1.54, 1.807) is 17.3 Å². The average Bonchev–Trinajstić information content (AvgIpc) is 3.36. The van der Waals surface area contributed by atoms with Crippen LogP contribution in [0.5, 0.6) is 0 Å². The molecule has 0 aliphatic heterocycles. The SMILES string of the molecule is CC(C(=O)NCc1ccc(-n2cncn2)cc1)n1cnc2ccccc21. The van der Waals surface area contributed by atoms with Gasteiger partial charge in [0.05, 0.1) is 23.0 Å². The molecule has 4 aromatic rings. The summed E-state index contributed by atoms with van der Waals surface area (Å²) in [6.07, 6.45) is 4.85. The van der Waals surface area contributed by atoms with Gasteiger partial charge in [0, 0.05) is 6.54 Å². The van der Waals surface area contributed by atoms with Crippen LogP contribution in [0.4, 0.5) is 0 Å². The molecule has 0 aliphatic rings. The minimum atomic E-state index is -0.336. The van der Waals surface area contributed by atoms with E-state index in [1.165, 1.54) is 6.33 Å². The maximum Gasteiger partial charge on any atom is 0.243 e. The highest BCUT2D eigenvalue weighted by Crippen LogP contribution is 2.17. The third-order valence-corrected chi connectivity index (χ3v) is 4.36. The summed E-state index contributed by atoms with van der Waals surface area (Å²) in [4.78, 5) is 20.8. The number of nitrogens with one attached hydrogen (secondary N) is 1. The molecule has 1 unspecified atom stereocenters. The Morgan fingerprint density at radius 3 is 2.69 bits per heavy atom. The summed E-state index contributed by atoms with van der Waals surface area (Å²) < 4.78 is 3.58. The zero-order valence-electron chi connectivity index (χ0n) is 14.3. The molecule has 1 atom stereocenters. The van der Waals surface area contributed by atoms with Gasteiger partial charge in [-0.1, -0.05) is 24.3 Å². The largest absolute Gasteiger partial charge is 0.350 e. The van der Waals surface area contributed by atoms with Gasteiger partial charge < -0.3 is 9.88 Å². The van der Waals surface area contributed by atoms with E-state index in [0.717, 1.165) is 22.3 Å². The zero-order valence-corrected chi connectivity index (χ0v) is 14.3. The van der Waals surface area contributed by atoms with E-state index < -0.39 is 0 Å². The van der Waals surface area contributed by atoms with Gasteiger partial charge in [0.25, 0.3) is 0 Å². The number of imidazole rings is 1. The molecule has 0 spiro atoms. The third kappa shape index (κ3) is 3.06. The predicted molar refractivity (Wildman–Crippen MR) is 97.6 cm³/mol. The van der Waals surface area contributed by atoms with Gasteiger partial charge in [0.15, 0.2) is 0 Å². The van der Waals surface area contributed by atoms with Crippen molar-refractivity contribution in [1.29, 1.82) is 0 Å². The second-order valence-corrected chi connectivity index (χ2v) is 6.04. The Morgan fingerprint density at radius 1 is 1.12 bits per heavy atom. The van der Waals surface area contributed by atoms with E-state index >= 15 is 0 Å². The van der Waals surface area contributed by atoms with Crippen molar-refractivity contribution in [3.8, 4) is 5.69 Å². The van der Waals surface area contributed by atoms with E-state index in [-0.39, 0.29) is 11.9 Å². The first-order valence-electron chi connectivity index (χ1n) is 8.35. The molecule has 1 N–H and O–H groups in total. The van der Waals surface area contributed by atoms with E-state index in [9.17, 15) is 4.79 Å². The highest BCUT2D eigenvalue weighted by Gasteiger charge is 2.16. The maximum absolute atomic E-state index is 12.5. The molecule has 4 rings (SSSR count). The van der Waals surface area contributed by atoms with Crippen molar-refractivity contribution in [2.75, 3.05) is 0 Å². The van der Waals surface area contributed by atoms with E-state index in [2.05, 4.69) is 20.4 Å². The number of aromatic nitrogens is 5. The first-order valence-corrected chi connectivity index (χ1v) is 8.35. The van der Waals surface area contributed by atoms with Crippen molar-refractivity contribution in [3.63, 3.8) is 0 Å². The van der Waals surface area contributed by atoms with Crippen molar-refractivity contribution in [2.45, 2.75) is 19.5 Å². The van der Waals surface area contributed by atoms with E-state index in [0.29, 0.717) is 6.54 Å². The molecule has 130 valence electrons. The first-order chi connectivity index (χ1) is 12.7. The Bertz CT molecular complexity index is 1020. The maximum atomic E-state index is 12.5. The smallest absolute Gasteiger partial charge is 0.243 e. The number of carbonyl (C=O) groups is 1. The first kappa shape index (κ1) is 16.0. The topological polar surface area (TPSA) is 77.6 Å². The van der Waals surface area contributed by atoms with Gasteiger partial charge >= 0.3 is 0 Å². The van der Waals surface area contributed by atoms with Gasteiger partial charge in [0.1, 0.15) is 18.7 Å². The van der Waals surface area contributed by atoms with Crippen LogP contribution in [0.2, 0.25) is 0 Å². The van der Waals surface area contributed by atoms with Gasteiger partial charge in [-0.25, -0.2) is 14.6 Å². The summed E-state index contributed by atoms with van der Waals surface area (Å²) in [6, 6.07) is 15.3. The minimum Gasteiger partial charge on any atom is -0.350 e. The van der Waals surface area contributed by atoms with Gasteiger partial charge in [-0.15, -0.1) is 0 Å². The van der Waals surface area contributed by atoms with Crippen LogP contribution < -0.4 is 5.32 Å². The molecule has 0 aliphatic carbocycles. The number of carbonyl (C=O) groups excluding carboxylic acids is 1. The summed E-state index contributed by atoms with van der Waals surface area (Å²) >= 11 is 0. The molecule has 7 heteroatoms. The molecule has 7 nitrogen and oxygen atoms in total. The number of benzene rings is 2. The number of rotatable bonds is 5. The van der Waals surface area contributed by atoms with Crippen LogP contribution in [0.25, 0.3) is 16.7 Å². The molecule has 26 heavy (non-hydrogen) atoms. The lowest BCUT2D eigenvalue weighted by Gasteiger charge is -2.15. The summed E-state index contributed by atoms with van der Waals surface area (Å²) in [7, 11) is 0. The molecule has 2 aromatic carbocycles. The number of hydrogen-bond acceptors (Lipinski definition) is 4. The molecule has 2 aromatic heterocycles. The van der Waals surface area contributed by atoms with Crippen molar-refractivity contribution < 1.29 is 4.79 Å². The third-order valence-electron chi connectivity index (χ3n) is 4.36. The lowest BCUT2D eigenvalue weighted by Crippen LogP contribution is -2.30. The molecule has 0 fully saturated rings. The molecule has 0 bridgehead atoms. The number of para-hydroxylation sites is 2. The second kappa shape index (κ2) is 6.79. The van der Waals surface area contributed by atoms with Crippen LogP contribution in [0, 0.1) is 0 Å². The van der Waals surface area contributed by atoms with Gasteiger partial charge in [-0.2, -0.15) is 5.10 Å². The lowest BCUT2D eigenvalue weighted by molar-refractivity contribution is -0.123. The molecule has 2 heterocycles. The fourth-order valence-electron chi connectivity index (χ4n) is 2.86. The Morgan fingerprint density at radius 2 is 1.92 bits per heavy atom. The van der Waals surface area contributed by atoms with Crippen LogP contribution >= 0.6 is 0 Å². The van der Waals surface area contributed by atoms with Crippen molar-refractivity contribution >= 4 is 16.9 Å². The second-order valence-electron chi connectivity index (χ2n) is 6.04. The zero-order chi connectivity index (χ0) is 17.9. The average molecular weight is 346 g/mol. The van der Waals surface area contributed by atoms with Crippen molar-refractivity contribution in [1.82, 2.24) is 29.6 Å². The molecule has 0 radical (unpaired) electrons. The van der Waals surface area contributed by atoms with E-state index in [4.69, 9.17) is 0 Å². The molecule has 0 saturated carbocycles. The van der Waals surface area contributed by atoms with Gasteiger partial charge in [-0.05, 0) is 36.8 Å². The van der Waals surface area contributed by atoms with E-state index in [1.807, 2.05) is 60.0 Å². The van der Waals surface area contributed by atoms with Gasteiger partial charge in [0.2, 0.25) is 5.91 Å². The predicted octanol–water partition coefficient (Wildman–Crippen LogP) is 2.49. The Balaban J connectivity index is 1.42. The normalized spacial score (nSPS) is 12.2. The fourth-order valence-corrected chi connectivity index (χ4v) is 2.86. The van der Waals surface area contributed by atoms with Gasteiger partial charge in [-0.3, -0.25) is 4.79 Å². The standard InChI is InChI=1S/C19H18N6O/c1-14(24-13-22-17-4-2-3-5-18(17)24)19(26)21-10-15-6-8-16(9-7-15)25-12-20-11-23-25/h2-9,11-14H,10H2,1H3,(H,21,26). The van der Waals surface area contributed by atoms with Crippen LogP contribution in [0.1, 0.15) is 18.5 Å². The summed E-state index contributed by atoms with van der Waals surface area (Å²) in [6.45, 7) is 2.34. The molecular formula is C19H18N6O. The Labute approximate surface area is 150 Å². The number of nitrogens with zero attached hydrogens (tertiary/aromatic N) is 5. The van der Waals surface area contributed by atoms with Crippen molar-refractivity contribution in [2.24, 2.45) is 0 Å². The number of hydrogen-bond donors (Lipinski definition) is 1. The van der Waals surface area contributed by atoms with Crippen molar-refractivity contribution in [3.05, 3.63) is 73.1 Å². The van der Waals surface area contributed by atoms with Crippen LogP contribution in [-0.2, 0) is 11.3 Å². The Kier molecular flexibility index (Phi) is 4.18.